The van der Waals surface area contributed by atoms with Crippen LogP contribution in [0.2, 0.25) is 0 Å². The summed E-state index contributed by atoms with van der Waals surface area (Å²) in [4.78, 5) is 0. The van der Waals surface area contributed by atoms with E-state index in [0.29, 0.717) is 11.9 Å². The molecule has 0 aromatic carbocycles. The highest BCUT2D eigenvalue weighted by Crippen LogP contribution is 2.23. The molecule has 0 aromatic heterocycles. The van der Waals surface area contributed by atoms with Crippen LogP contribution in [0.3, 0.4) is 0 Å². The van der Waals surface area contributed by atoms with Gasteiger partial charge in [-0.25, -0.2) is 0 Å². The Bertz CT molecular complexity index is 157. The number of halogens is 1. The number of rotatable bonds is 5. The van der Waals surface area contributed by atoms with Gasteiger partial charge in [-0.2, -0.15) is 0 Å². The first-order valence-electron chi connectivity index (χ1n) is 5.64. The topological polar surface area (TPSA) is 21.3 Å². The van der Waals surface area contributed by atoms with E-state index < -0.39 is 0 Å². The number of alkyl halides is 1. The molecule has 14 heavy (non-hydrogen) atoms. The first kappa shape index (κ1) is 12.3. The molecule has 3 heteroatoms. The minimum absolute atomic E-state index is 0.133. The molecule has 0 aliphatic carbocycles. The van der Waals surface area contributed by atoms with E-state index >= 15 is 0 Å². The molecule has 1 atom stereocenters. The Hall–Kier alpha value is 0.210. The summed E-state index contributed by atoms with van der Waals surface area (Å²) < 4.78 is 5.37. The highest BCUT2D eigenvalue weighted by Gasteiger charge is 2.32. The van der Waals surface area contributed by atoms with Crippen molar-refractivity contribution in [3.63, 3.8) is 0 Å². The van der Waals surface area contributed by atoms with Crippen molar-refractivity contribution in [1.29, 1.82) is 0 Å². The molecule has 0 saturated carbocycles. The molecule has 1 aliphatic rings. The molecule has 0 spiro atoms. The zero-order chi connectivity index (χ0) is 10.4. The molecule has 1 heterocycles. The summed E-state index contributed by atoms with van der Waals surface area (Å²) in [5, 5.41) is 3.67. The Morgan fingerprint density at radius 1 is 1.43 bits per heavy atom. The Morgan fingerprint density at radius 2 is 2.07 bits per heavy atom. The lowest BCUT2D eigenvalue weighted by atomic mass is 9.91. The molecule has 1 N–H and O–H groups in total. The van der Waals surface area contributed by atoms with Crippen molar-refractivity contribution >= 4 is 11.6 Å². The van der Waals surface area contributed by atoms with E-state index in [1.165, 1.54) is 12.8 Å². The fraction of sp³-hybridized carbons (Fsp3) is 1.00. The number of hydrogen-bond acceptors (Lipinski definition) is 2. The molecule has 0 bridgehead atoms. The minimum atomic E-state index is 0.133. The fourth-order valence-corrected chi connectivity index (χ4v) is 2.45. The lowest BCUT2D eigenvalue weighted by Gasteiger charge is -2.38. The van der Waals surface area contributed by atoms with E-state index in [-0.39, 0.29) is 5.54 Å². The van der Waals surface area contributed by atoms with Crippen LogP contribution in [-0.2, 0) is 4.74 Å². The third kappa shape index (κ3) is 3.41. The first-order chi connectivity index (χ1) is 6.72. The van der Waals surface area contributed by atoms with Crippen LogP contribution in [0.4, 0.5) is 0 Å². The molecule has 1 rings (SSSR count). The maximum atomic E-state index is 6.06. The van der Waals surface area contributed by atoms with Crippen LogP contribution in [0, 0.1) is 0 Å². The molecule has 1 fully saturated rings. The lowest BCUT2D eigenvalue weighted by Crippen LogP contribution is -2.54. The Kier molecular flexibility index (Phi) is 5.21. The van der Waals surface area contributed by atoms with Gasteiger partial charge in [-0.15, -0.1) is 11.6 Å². The highest BCUT2D eigenvalue weighted by atomic mass is 35.5. The third-order valence-corrected chi connectivity index (χ3v) is 3.49. The zero-order valence-electron chi connectivity index (χ0n) is 9.31. The second-order valence-corrected chi connectivity index (χ2v) is 4.63. The summed E-state index contributed by atoms with van der Waals surface area (Å²) in [5.41, 5.74) is 0.133. The van der Waals surface area contributed by atoms with Crippen LogP contribution >= 0.6 is 11.6 Å². The van der Waals surface area contributed by atoms with Crippen LogP contribution in [0.15, 0.2) is 0 Å². The van der Waals surface area contributed by atoms with E-state index in [1.807, 2.05) is 0 Å². The van der Waals surface area contributed by atoms with Gasteiger partial charge in [0.25, 0.3) is 0 Å². The molecule has 0 radical (unpaired) electrons. The van der Waals surface area contributed by atoms with Gasteiger partial charge in [0.1, 0.15) is 0 Å². The van der Waals surface area contributed by atoms with E-state index in [0.717, 1.165) is 26.1 Å². The van der Waals surface area contributed by atoms with Gasteiger partial charge in [-0.3, -0.25) is 0 Å². The van der Waals surface area contributed by atoms with Crippen LogP contribution in [0.1, 0.15) is 39.5 Å². The Labute approximate surface area is 92.3 Å². The summed E-state index contributed by atoms with van der Waals surface area (Å²) in [6.45, 7) is 6.15. The quantitative estimate of drug-likeness (QED) is 0.718. The normalized spacial score (nSPS) is 23.4. The van der Waals surface area contributed by atoms with Crippen LogP contribution < -0.4 is 5.32 Å². The van der Waals surface area contributed by atoms with Crippen molar-refractivity contribution in [1.82, 2.24) is 5.32 Å². The fourth-order valence-electron chi connectivity index (χ4n) is 2.11. The van der Waals surface area contributed by atoms with Gasteiger partial charge in [0.2, 0.25) is 0 Å². The smallest absolute Gasteiger partial charge is 0.0484 e. The van der Waals surface area contributed by atoms with E-state index in [4.69, 9.17) is 16.3 Å². The van der Waals surface area contributed by atoms with Crippen LogP contribution in [0.25, 0.3) is 0 Å². The van der Waals surface area contributed by atoms with Crippen molar-refractivity contribution in [3.05, 3.63) is 0 Å². The maximum Gasteiger partial charge on any atom is 0.0484 e. The van der Waals surface area contributed by atoms with Gasteiger partial charge in [0.05, 0.1) is 0 Å². The predicted octanol–water partition coefficient (Wildman–Crippen LogP) is 2.55. The molecule has 1 saturated heterocycles. The highest BCUT2D eigenvalue weighted by molar-refractivity contribution is 6.18. The summed E-state index contributed by atoms with van der Waals surface area (Å²) in [6.07, 6.45) is 4.54. The maximum absolute atomic E-state index is 6.06. The minimum Gasteiger partial charge on any atom is -0.381 e. The summed E-state index contributed by atoms with van der Waals surface area (Å²) in [7, 11) is 0. The Morgan fingerprint density at radius 3 is 2.57 bits per heavy atom. The number of nitrogens with one attached hydrogen (secondary N) is 1. The zero-order valence-corrected chi connectivity index (χ0v) is 10.1. The van der Waals surface area contributed by atoms with Gasteiger partial charge in [0, 0.05) is 30.7 Å². The van der Waals surface area contributed by atoms with Gasteiger partial charge >= 0.3 is 0 Å². The first-order valence-corrected chi connectivity index (χ1v) is 6.17. The van der Waals surface area contributed by atoms with Crippen molar-refractivity contribution in [2.45, 2.75) is 51.1 Å². The standard InChI is InChI=1S/C11H22ClNO/c1-3-4-10(2)13-11(9-12)5-7-14-8-6-11/h10,13H,3-9H2,1-2H3. The van der Waals surface area contributed by atoms with E-state index in [9.17, 15) is 0 Å². The van der Waals surface area contributed by atoms with Gasteiger partial charge in [-0.05, 0) is 26.2 Å². The second kappa shape index (κ2) is 5.94. The van der Waals surface area contributed by atoms with Crippen molar-refractivity contribution in [3.8, 4) is 0 Å². The average molecular weight is 220 g/mol. The molecule has 84 valence electrons. The van der Waals surface area contributed by atoms with Crippen molar-refractivity contribution in [2.75, 3.05) is 19.1 Å². The summed E-state index contributed by atoms with van der Waals surface area (Å²) in [6, 6.07) is 0.567. The predicted molar refractivity (Wildman–Crippen MR) is 61.0 cm³/mol. The SMILES string of the molecule is CCCC(C)NC1(CCl)CCOCC1. The third-order valence-electron chi connectivity index (χ3n) is 2.98. The van der Waals surface area contributed by atoms with E-state index in [1.54, 1.807) is 0 Å². The van der Waals surface area contributed by atoms with Gasteiger partial charge in [-0.1, -0.05) is 13.3 Å². The Balaban J connectivity index is 2.42. The van der Waals surface area contributed by atoms with Crippen molar-refractivity contribution < 1.29 is 4.74 Å². The van der Waals surface area contributed by atoms with Crippen LogP contribution in [-0.4, -0.2) is 30.7 Å². The molecule has 1 aliphatic heterocycles. The molecular formula is C11H22ClNO. The van der Waals surface area contributed by atoms with E-state index in [2.05, 4.69) is 19.2 Å². The largest absolute Gasteiger partial charge is 0.381 e. The summed E-state index contributed by atoms with van der Waals surface area (Å²) in [5.74, 6) is 0.699. The average Bonchev–Trinajstić information content (AvgIpc) is 2.19. The number of hydrogen-bond donors (Lipinski definition) is 1. The monoisotopic (exact) mass is 219 g/mol. The van der Waals surface area contributed by atoms with Crippen molar-refractivity contribution in [2.24, 2.45) is 0 Å². The summed E-state index contributed by atoms with van der Waals surface area (Å²) >= 11 is 6.06. The molecule has 2 nitrogen and oxygen atoms in total. The van der Waals surface area contributed by atoms with Gasteiger partial charge < -0.3 is 10.1 Å². The molecule has 0 amide bonds. The second-order valence-electron chi connectivity index (χ2n) is 4.36. The molecule has 0 aromatic rings. The lowest BCUT2D eigenvalue weighted by molar-refractivity contribution is 0.0423. The molecular weight excluding hydrogens is 198 g/mol. The number of ether oxygens (including phenoxy) is 1. The molecule has 1 unspecified atom stereocenters. The van der Waals surface area contributed by atoms with Gasteiger partial charge in [0.15, 0.2) is 0 Å². The van der Waals surface area contributed by atoms with Crippen LogP contribution in [0.5, 0.6) is 0 Å².